The van der Waals surface area contributed by atoms with E-state index in [1.165, 1.54) is 128 Å². The predicted molar refractivity (Wildman–Crippen MR) is 185 cm³/mol. The molecule has 0 rings (SSSR count). The van der Waals surface area contributed by atoms with E-state index in [-0.39, 0.29) is 35.5 Å². The van der Waals surface area contributed by atoms with Gasteiger partial charge >= 0.3 is 0 Å². The SMILES string of the molecule is CCCCCCCCCCCCCCCC(=O)N[N+](CCC)(CC(O)O)NC(=O)CCCCCCCCCCCCCCC.[Cl-]. The number of unbranched alkanes of at least 4 members (excludes halogenated alkanes) is 24. The Morgan fingerprint density at radius 2 is 0.733 bits per heavy atom. The first-order valence-corrected chi connectivity index (χ1v) is 19.2. The van der Waals surface area contributed by atoms with Crippen molar-refractivity contribution in [3.63, 3.8) is 0 Å². The average Bonchev–Trinajstić information content (AvgIpc) is 2.97. The number of nitrogens with one attached hydrogen (secondary N) is 2. The van der Waals surface area contributed by atoms with Crippen LogP contribution in [-0.2, 0) is 9.59 Å². The van der Waals surface area contributed by atoms with Crippen molar-refractivity contribution in [2.75, 3.05) is 13.1 Å². The summed E-state index contributed by atoms with van der Waals surface area (Å²) in [6.45, 7) is 6.73. The highest BCUT2D eigenvalue weighted by Crippen LogP contribution is 2.15. The Bertz CT molecular complexity index is 607. The summed E-state index contributed by atoms with van der Waals surface area (Å²) in [6.07, 6.45) is 32.4. The Balaban J connectivity index is 0. The lowest BCUT2D eigenvalue weighted by molar-refractivity contribution is -0.997. The summed E-state index contributed by atoms with van der Waals surface area (Å²) in [5.41, 5.74) is 5.87. The van der Waals surface area contributed by atoms with E-state index in [1.807, 2.05) is 6.92 Å². The minimum absolute atomic E-state index is 0. The van der Waals surface area contributed by atoms with Gasteiger partial charge in [-0.2, -0.15) is 10.9 Å². The fraction of sp³-hybridized carbons (Fsp3) is 0.946. The van der Waals surface area contributed by atoms with Gasteiger partial charge in [0.1, 0.15) is 6.54 Å². The first-order chi connectivity index (χ1) is 21.4. The Kier molecular flexibility index (Phi) is 35.4. The highest BCUT2D eigenvalue weighted by Gasteiger charge is 2.34. The molecule has 0 saturated carbocycles. The fourth-order valence-corrected chi connectivity index (χ4v) is 6.18. The van der Waals surface area contributed by atoms with Gasteiger partial charge in [0.2, 0.25) is 6.29 Å². The van der Waals surface area contributed by atoms with Crippen molar-refractivity contribution < 1.29 is 36.9 Å². The van der Waals surface area contributed by atoms with Crippen LogP contribution in [0.3, 0.4) is 0 Å². The van der Waals surface area contributed by atoms with Crippen LogP contribution in [0.5, 0.6) is 0 Å². The maximum absolute atomic E-state index is 12.8. The number of hydrogen-bond acceptors (Lipinski definition) is 4. The van der Waals surface area contributed by atoms with Crippen LogP contribution in [0.25, 0.3) is 0 Å². The second-order valence-electron chi connectivity index (χ2n) is 13.4. The molecule has 0 spiro atoms. The van der Waals surface area contributed by atoms with E-state index in [9.17, 15) is 19.8 Å². The molecule has 0 bridgehead atoms. The summed E-state index contributed by atoms with van der Waals surface area (Å²) < 4.78 is -0.303. The predicted octanol–water partition coefficient (Wildman–Crippen LogP) is 6.55. The van der Waals surface area contributed by atoms with Crippen LogP contribution in [0.4, 0.5) is 0 Å². The lowest BCUT2D eigenvalue weighted by Gasteiger charge is -2.36. The van der Waals surface area contributed by atoms with Crippen LogP contribution in [0.2, 0.25) is 0 Å². The first kappa shape index (κ1) is 46.2. The lowest BCUT2D eigenvalue weighted by Crippen LogP contribution is -3.00. The molecule has 0 fully saturated rings. The highest BCUT2D eigenvalue weighted by atomic mass is 35.5. The number of hydrogen-bond donors (Lipinski definition) is 4. The number of carbonyl (C=O) groups is 2. The van der Waals surface area contributed by atoms with Crippen molar-refractivity contribution in [3.8, 4) is 0 Å². The highest BCUT2D eigenvalue weighted by molar-refractivity contribution is 5.76. The first-order valence-electron chi connectivity index (χ1n) is 19.2. The van der Waals surface area contributed by atoms with E-state index >= 15 is 0 Å². The number of aliphatic hydroxyl groups is 2. The summed E-state index contributed by atoms with van der Waals surface area (Å²) in [4.78, 5) is 25.7. The van der Waals surface area contributed by atoms with E-state index in [2.05, 4.69) is 24.7 Å². The monoisotopic (exact) mass is 662 g/mol. The van der Waals surface area contributed by atoms with Gasteiger partial charge in [-0.05, 0) is 19.3 Å². The molecular formula is C37H76ClN3O4. The molecule has 4 N–H and O–H groups in total. The molecule has 0 heterocycles. The van der Waals surface area contributed by atoms with Crippen molar-refractivity contribution >= 4 is 11.8 Å². The Morgan fingerprint density at radius 3 is 0.978 bits per heavy atom. The third-order valence-corrected chi connectivity index (χ3v) is 8.77. The summed E-state index contributed by atoms with van der Waals surface area (Å²) in [5, 5.41) is 19.6. The number of aliphatic hydroxyl groups excluding tert-OH is 1. The molecule has 8 heteroatoms. The zero-order chi connectivity index (χ0) is 32.6. The van der Waals surface area contributed by atoms with Crippen LogP contribution in [-0.4, -0.2) is 46.1 Å². The number of halogens is 1. The van der Waals surface area contributed by atoms with E-state index in [0.717, 1.165) is 38.5 Å². The number of rotatable bonds is 34. The molecule has 0 saturated heterocycles. The van der Waals surface area contributed by atoms with Crippen molar-refractivity contribution in [2.24, 2.45) is 0 Å². The average molecular weight is 662 g/mol. The van der Waals surface area contributed by atoms with Crippen LogP contribution in [0.1, 0.15) is 207 Å². The molecule has 0 atom stereocenters. The van der Waals surface area contributed by atoms with Crippen LogP contribution in [0.15, 0.2) is 0 Å². The quantitative estimate of drug-likeness (QED) is 0.0272. The van der Waals surface area contributed by atoms with Crippen molar-refractivity contribution in [3.05, 3.63) is 0 Å². The lowest BCUT2D eigenvalue weighted by atomic mass is 10.0. The minimum Gasteiger partial charge on any atom is -1.00 e. The van der Waals surface area contributed by atoms with Gasteiger partial charge in [-0.15, -0.1) is 4.70 Å². The normalized spacial score (nSPS) is 11.5. The molecule has 0 radical (unpaired) electrons. The van der Waals surface area contributed by atoms with Crippen LogP contribution in [0, 0.1) is 0 Å². The number of quaternary nitrogens is 1. The van der Waals surface area contributed by atoms with Gasteiger partial charge in [-0.3, -0.25) is 9.59 Å². The number of carbonyl (C=O) groups excluding carboxylic acids is 2. The maximum Gasteiger partial charge on any atom is 0.267 e. The van der Waals surface area contributed by atoms with Crippen molar-refractivity contribution in [1.82, 2.24) is 10.9 Å². The van der Waals surface area contributed by atoms with E-state index in [4.69, 9.17) is 0 Å². The minimum atomic E-state index is -1.63. The molecule has 45 heavy (non-hydrogen) atoms. The summed E-state index contributed by atoms with van der Waals surface area (Å²) in [6, 6.07) is 0. The van der Waals surface area contributed by atoms with Gasteiger partial charge in [0, 0.05) is 12.8 Å². The maximum atomic E-state index is 12.8. The van der Waals surface area contributed by atoms with Gasteiger partial charge in [0.25, 0.3) is 11.8 Å². The second kappa shape index (κ2) is 34.4. The number of nitrogens with zero attached hydrogens (tertiary/aromatic N) is 1. The van der Waals surface area contributed by atoms with Crippen LogP contribution >= 0.6 is 0 Å². The molecule has 0 aliphatic carbocycles. The third-order valence-electron chi connectivity index (χ3n) is 8.77. The van der Waals surface area contributed by atoms with Crippen LogP contribution < -0.4 is 23.3 Å². The molecule has 7 nitrogen and oxygen atoms in total. The van der Waals surface area contributed by atoms with Gasteiger partial charge in [-0.1, -0.05) is 175 Å². The topological polar surface area (TPSA) is 98.7 Å². The molecule has 0 aliphatic heterocycles. The zero-order valence-corrected chi connectivity index (χ0v) is 30.8. The van der Waals surface area contributed by atoms with E-state index in [0.29, 0.717) is 25.8 Å². The van der Waals surface area contributed by atoms with Gasteiger partial charge < -0.3 is 22.6 Å². The molecule has 0 aromatic heterocycles. The molecule has 2 amide bonds. The van der Waals surface area contributed by atoms with E-state index < -0.39 is 6.29 Å². The molecule has 0 aromatic rings. The molecule has 0 aliphatic rings. The van der Waals surface area contributed by atoms with Crippen molar-refractivity contribution in [2.45, 2.75) is 213 Å². The molecular weight excluding hydrogens is 586 g/mol. The van der Waals surface area contributed by atoms with Crippen molar-refractivity contribution in [1.29, 1.82) is 0 Å². The van der Waals surface area contributed by atoms with Gasteiger partial charge in [-0.25, -0.2) is 0 Å². The summed E-state index contributed by atoms with van der Waals surface area (Å²) in [5.74, 6) is -0.299. The second-order valence-corrected chi connectivity index (χ2v) is 13.4. The van der Waals surface area contributed by atoms with E-state index in [1.54, 1.807) is 0 Å². The molecule has 270 valence electrons. The largest absolute Gasteiger partial charge is 1.00 e. The summed E-state index contributed by atoms with van der Waals surface area (Å²) in [7, 11) is 0. The van der Waals surface area contributed by atoms with Gasteiger partial charge in [0.15, 0.2) is 6.54 Å². The number of amides is 2. The smallest absolute Gasteiger partial charge is 0.267 e. The Morgan fingerprint density at radius 1 is 0.467 bits per heavy atom. The fourth-order valence-electron chi connectivity index (χ4n) is 6.18. The van der Waals surface area contributed by atoms with Gasteiger partial charge in [0.05, 0.1) is 0 Å². The molecule has 0 unspecified atom stereocenters. The standard InChI is InChI=1S/C37H75N3O4.ClH/c1-4-7-9-11-13-15-17-19-21-23-25-27-29-31-35(41)38-40(33-6-3,34-37(43)44)39-36(42)32-30-28-26-24-22-20-18-16-14-12-10-8-5-2;/h37,43-44H,4-34H2,1-3H3,(H-,38,39,41,42);1H. The Labute approximate surface area is 285 Å². The molecule has 0 aromatic carbocycles. The third kappa shape index (κ3) is 31.5. The summed E-state index contributed by atoms with van der Waals surface area (Å²) >= 11 is 0. The Hall–Kier alpha value is -0.890. The zero-order valence-electron chi connectivity index (χ0n) is 30.0.